The van der Waals surface area contributed by atoms with Crippen LogP contribution in [0.1, 0.15) is 32.6 Å². The van der Waals surface area contributed by atoms with E-state index in [0.717, 1.165) is 12.8 Å². The van der Waals surface area contributed by atoms with Crippen molar-refractivity contribution in [3.05, 3.63) is 0 Å². The van der Waals surface area contributed by atoms with Gasteiger partial charge in [0.1, 0.15) is 6.10 Å². The molecule has 134 valence electrons. The van der Waals surface area contributed by atoms with Crippen molar-refractivity contribution >= 4 is 9.84 Å². The van der Waals surface area contributed by atoms with Gasteiger partial charge in [-0.3, -0.25) is 0 Å². The van der Waals surface area contributed by atoms with E-state index >= 15 is 0 Å². The largest absolute Gasteiger partial charge is 0.373 e. The van der Waals surface area contributed by atoms with Gasteiger partial charge >= 0.3 is 0 Å². The van der Waals surface area contributed by atoms with Crippen LogP contribution in [0.15, 0.2) is 0 Å². The van der Waals surface area contributed by atoms with Crippen molar-refractivity contribution in [2.45, 2.75) is 61.8 Å². The molecule has 0 aromatic heterocycles. The summed E-state index contributed by atoms with van der Waals surface area (Å²) in [4.78, 5) is 0. The van der Waals surface area contributed by atoms with E-state index in [1.54, 1.807) is 6.92 Å². The van der Waals surface area contributed by atoms with Crippen molar-refractivity contribution in [1.29, 1.82) is 0 Å². The predicted molar refractivity (Wildman–Crippen MR) is 81.8 cm³/mol. The number of hydrogen-bond donors (Lipinski definition) is 0. The van der Waals surface area contributed by atoms with E-state index in [9.17, 15) is 8.42 Å². The molecule has 3 fully saturated rings. The summed E-state index contributed by atoms with van der Waals surface area (Å²) in [6.07, 6.45) is 1.85. The fraction of sp³-hybridized carbons (Fsp3) is 1.00. The van der Waals surface area contributed by atoms with Gasteiger partial charge in [-0.25, -0.2) is 8.42 Å². The summed E-state index contributed by atoms with van der Waals surface area (Å²) in [5, 5.41) is -0.588. The van der Waals surface area contributed by atoms with Crippen LogP contribution in [0.2, 0.25) is 0 Å². The topological polar surface area (TPSA) is 80.3 Å². The SMILES string of the molecule is CC1CCC(CC2OCC(COCC3OCCCO3)O2)S1(=O)=O. The van der Waals surface area contributed by atoms with E-state index in [-0.39, 0.29) is 22.9 Å². The Bertz CT molecular complexity index is 474. The zero-order valence-electron chi connectivity index (χ0n) is 13.5. The predicted octanol–water partition coefficient (Wildman–Crippen LogP) is 0.863. The molecule has 3 aliphatic rings. The molecular weight excluding hydrogens is 324 g/mol. The molecule has 4 unspecified atom stereocenters. The maximum Gasteiger partial charge on any atom is 0.180 e. The molecule has 3 rings (SSSR count). The average Bonchev–Trinajstić information content (AvgIpc) is 3.08. The van der Waals surface area contributed by atoms with Gasteiger partial charge in [-0.15, -0.1) is 0 Å². The molecule has 4 atom stereocenters. The minimum atomic E-state index is -3.03. The minimum absolute atomic E-state index is 0.162. The Morgan fingerprint density at radius 2 is 1.83 bits per heavy atom. The fourth-order valence-electron chi connectivity index (χ4n) is 3.19. The second-order valence-corrected chi connectivity index (χ2v) is 9.07. The smallest absolute Gasteiger partial charge is 0.180 e. The lowest BCUT2D eigenvalue weighted by Crippen LogP contribution is -2.31. The van der Waals surface area contributed by atoms with Crippen LogP contribution in [-0.2, 0) is 33.5 Å². The van der Waals surface area contributed by atoms with Gasteiger partial charge in [0.25, 0.3) is 0 Å². The molecule has 3 saturated heterocycles. The molecule has 7 nitrogen and oxygen atoms in total. The fourth-order valence-corrected chi connectivity index (χ4v) is 5.20. The average molecular weight is 350 g/mol. The van der Waals surface area contributed by atoms with Gasteiger partial charge in [0.15, 0.2) is 22.4 Å². The molecule has 8 heteroatoms. The standard InChI is InChI=1S/C15H26O7S/c1-11-3-4-13(23(11,16)17)7-14-21-9-12(22-14)8-18-10-15-19-5-2-6-20-15/h11-15H,2-10H2,1H3. The van der Waals surface area contributed by atoms with Crippen LogP contribution < -0.4 is 0 Å². The van der Waals surface area contributed by atoms with E-state index in [1.165, 1.54) is 0 Å². The quantitative estimate of drug-likeness (QED) is 0.703. The van der Waals surface area contributed by atoms with Crippen LogP contribution in [0.4, 0.5) is 0 Å². The lowest BCUT2D eigenvalue weighted by Gasteiger charge is -2.23. The second kappa shape index (κ2) is 7.76. The molecule has 3 heterocycles. The highest BCUT2D eigenvalue weighted by Crippen LogP contribution is 2.32. The monoisotopic (exact) mass is 350 g/mol. The van der Waals surface area contributed by atoms with E-state index in [0.29, 0.717) is 45.9 Å². The van der Waals surface area contributed by atoms with Gasteiger partial charge < -0.3 is 23.7 Å². The summed E-state index contributed by atoms with van der Waals surface area (Å²) in [5.41, 5.74) is 0. The number of rotatable bonds is 6. The van der Waals surface area contributed by atoms with E-state index in [4.69, 9.17) is 23.7 Å². The molecule has 0 N–H and O–H groups in total. The van der Waals surface area contributed by atoms with Gasteiger partial charge in [-0.2, -0.15) is 0 Å². The lowest BCUT2D eigenvalue weighted by atomic mass is 10.1. The summed E-state index contributed by atoms with van der Waals surface area (Å²) < 4.78 is 52.0. The van der Waals surface area contributed by atoms with Crippen LogP contribution in [0.5, 0.6) is 0 Å². The van der Waals surface area contributed by atoms with Crippen LogP contribution in [-0.4, -0.2) is 70.6 Å². The first-order chi connectivity index (χ1) is 11.1. The summed E-state index contributed by atoms with van der Waals surface area (Å²) in [6.45, 7) is 4.38. The highest BCUT2D eigenvalue weighted by molar-refractivity contribution is 7.92. The molecular formula is C15H26O7S. The van der Waals surface area contributed by atoms with Crippen LogP contribution in [0, 0.1) is 0 Å². The van der Waals surface area contributed by atoms with Crippen molar-refractivity contribution in [2.24, 2.45) is 0 Å². The molecule has 0 aromatic carbocycles. The van der Waals surface area contributed by atoms with Crippen LogP contribution >= 0.6 is 0 Å². The highest BCUT2D eigenvalue weighted by atomic mass is 32.2. The zero-order valence-corrected chi connectivity index (χ0v) is 14.3. The van der Waals surface area contributed by atoms with Crippen molar-refractivity contribution in [3.8, 4) is 0 Å². The van der Waals surface area contributed by atoms with Crippen LogP contribution in [0.25, 0.3) is 0 Å². The Labute approximate surface area is 137 Å². The third-order valence-corrected chi connectivity index (χ3v) is 7.36. The molecule has 23 heavy (non-hydrogen) atoms. The maximum absolute atomic E-state index is 12.1. The zero-order chi connectivity index (χ0) is 16.3. The Kier molecular flexibility index (Phi) is 5.92. The molecule has 0 saturated carbocycles. The molecule has 0 aromatic rings. The van der Waals surface area contributed by atoms with Crippen molar-refractivity contribution in [1.82, 2.24) is 0 Å². The highest BCUT2D eigenvalue weighted by Gasteiger charge is 2.41. The normalized spacial score (nSPS) is 38.1. The minimum Gasteiger partial charge on any atom is -0.373 e. The number of ether oxygens (including phenoxy) is 5. The molecule has 0 radical (unpaired) electrons. The summed E-state index contributed by atoms with van der Waals surface area (Å²) in [5.74, 6) is 0. The summed E-state index contributed by atoms with van der Waals surface area (Å²) in [7, 11) is -3.03. The molecule has 0 aliphatic carbocycles. The first kappa shape index (κ1) is 17.6. The Balaban J connectivity index is 1.35. The maximum atomic E-state index is 12.1. The van der Waals surface area contributed by atoms with Crippen LogP contribution in [0.3, 0.4) is 0 Å². The van der Waals surface area contributed by atoms with E-state index in [2.05, 4.69) is 0 Å². The Morgan fingerprint density at radius 1 is 1.04 bits per heavy atom. The first-order valence-electron chi connectivity index (χ1n) is 8.36. The Hall–Kier alpha value is -0.250. The summed E-state index contributed by atoms with van der Waals surface area (Å²) in [6, 6.07) is 0. The van der Waals surface area contributed by atoms with Gasteiger partial charge in [0.2, 0.25) is 0 Å². The van der Waals surface area contributed by atoms with E-state index in [1.807, 2.05) is 0 Å². The van der Waals surface area contributed by atoms with Crippen molar-refractivity contribution < 1.29 is 32.1 Å². The molecule has 0 amide bonds. The third-order valence-electron chi connectivity index (χ3n) is 4.64. The van der Waals surface area contributed by atoms with Crippen molar-refractivity contribution in [3.63, 3.8) is 0 Å². The molecule has 3 aliphatic heterocycles. The van der Waals surface area contributed by atoms with Gasteiger partial charge in [0.05, 0.1) is 43.5 Å². The first-order valence-corrected chi connectivity index (χ1v) is 9.97. The number of sulfone groups is 1. The van der Waals surface area contributed by atoms with Gasteiger partial charge in [-0.1, -0.05) is 0 Å². The van der Waals surface area contributed by atoms with Gasteiger partial charge in [-0.05, 0) is 26.2 Å². The molecule has 0 spiro atoms. The Morgan fingerprint density at radius 3 is 2.52 bits per heavy atom. The van der Waals surface area contributed by atoms with Crippen molar-refractivity contribution in [2.75, 3.05) is 33.0 Å². The van der Waals surface area contributed by atoms with E-state index < -0.39 is 16.1 Å². The number of hydrogen-bond acceptors (Lipinski definition) is 7. The molecule has 0 bridgehead atoms. The summed E-state index contributed by atoms with van der Waals surface area (Å²) >= 11 is 0. The second-order valence-electron chi connectivity index (χ2n) is 6.42. The lowest BCUT2D eigenvalue weighted by molar-refractivity contribution is -0.205. The third kappa shape index (κ3) is 4.43. The van der Waals surface area contributed by atoms with Gasteiger partial charge in [0, 0.05) is 6.42 Å².